The van der Waals surface area contributed by atoms with Gasteiger partial charge in [0.05, 0.1) is 12.0 Å². The van der Waals surface area contributed by atoms with Gasteiger partial charge in [0.25, 0.3) is 11.8 Å². The number of furan rings is 1. The zero-order chi connectivity index (χ0) is 18.1. The lowest BCUT2D eigenvalue weighted by Crippen LogP contribution is -2.05. The smallest absolute Gasteiger partial charge is 0.375 e. The first-order valence-electron chi connectivity index (χ1n) is 7.76. The zero-order valence-electron chi connectivity index (χ0n) is 14.0. The lowest BCUT2D eigenvalue weighted by Gasteiger charge is -2.00. The molecule has 3 aromatic heterocycles. The highest BCUT2D eigenvalue weighted by molar-refractivity contribution is 7.13. The van der Waals surface area contributed by atoms with Crippen LogP contribution in [-0.2, 0) is 11.3 Å². The number of methoxy groups -OCH3 is 1. The number of thiophene rings is 1. The van der Waals surface area contributed by atoms with Crippen LogP contribution < -0.4 is 4.74 Å². The number of aromatic nitrogens is 2. The van der Waals surface area contributed by atoms with Crippen molar-refractivity contribution in [3.63, 3.8) is 0 Å². The second-order valence-corrected chi connectivity index (χ2v) is 6.42. The fourth-order valence-corrected chi connectivity index (χ4v) is 3.17. The molecule has 132 valence electrons. The Morgan fingerprint density at radius 3 is 2.88 bits per heavy atom. The van der Waals surface area contributed by atoms with Gasteiger partial charge in [-0.25, -0.2) is 4.79 Å². The van der Waals surface area contributed by atoms with Crippen molar-refractivity contribution in [1.29, 1.82) is 0 Å². The molecule has 3 heterocycles. The van der Waals surface area contributed by atoms with Gasteiger partial charge in [0.15, 0.2) is 6.61 Å². The molecular formula is C18H14N2O5S. The van der Waals surface area contributed by atoms with Gasteiger partial charge in [-0.1, -0.05) is 6.07 Å². The summed E-state index contributed by atoms with van der Waals surface area (Å²) in [5.74, 6) is 0.864. The van der Waals surface area contributed by atoms with Crippen LogP contribution >= 0.6 is 11.3 Å². The number of esters is 1. The van der Waals surface area contributed by atoms with Crippen LogP contribution in [0.15, 0.2) is 44.5 Å². The van der Waals surface area contributed by atoms with Gasteiger partial charge in [-0.3, -0.25) is 0 Å². The van der Waals surface area contributed by atoms with Crippen molar-refractivity contribution in [2.45, 2.75) is 13.5 Å². The molecule has 26 heavy (non-hydrogen) atoms. The maximum Gasteiger partial charge on any atom is 0.375 e. The van der Waals surface area contributed by atoms with Crippen LogP contribution in [0.5, 0.6) is 5.75 Å². The minimum Gasteiger partial charge on any atom is -0.497 e. The third kappa shape index (κ3) is 2.95. The molecule has 4 aromatic rings. The summed E-state index contributed by atoms with van der Waals surface area (Å²) in [7, 11) is 1.58. The SMILES string of the molecule is COc1ccc2oc(C(=O)OCc3nnc(-c4cccs4)o3)c(C)c2c1. The van der Waals surface area contributed by atoms with E-state index in [2.05, 4.69) is 10.2 Å². The number of fused-ring (bicyclic) bond motifs is 1. The molecular weight excluding hydrogens is 356 g/mol. The van der Waals surface area contributed by atoms with Crippen LogP contribution in [0.25, 0.3) is 21.7 Å². The summed E-state index contributed by atoms with van der Waals surface area (Å²) in [5.41, 5.74) is 1.28. The molecule has 0 unspecified atom stereocenters. The van der Waals surface area contributed by atoms with Crippen molar-refractivity contribution in [3.8, 4) is 16.5 Å². The van der Waals surface area contributed by atoms with Crippen molar-refractivity contribution < 1.29 is 23.1 Å². The summed E-state index contributed by atoms with van der Waals surface area (Å²) in [5, 5.41) is 10.6. The molecule has 0 bridgehead atoms. The molecule has 1 aromatic carbocycles. The molecule has 0 N–H and O–H groups in total. The van der Waals surface area contributed by atoms with Crippen molar-refractivity contribution in [3.05, 3.63) is 52.9 Å². The topological polar surface area (TPSA) is 87.6 Å². The van der Waals surface area contributed by atoms with Gasteiger partial charge in [-0.15, -0.1) is 21.5 Å². The lowest BCUT2D eigenvalue weighted by atomic mass is 10.1. The van der Waals surface area contributed by atoms with E-state index in [1.807, 2.05) is 23.6 Å². The number of carbonyl (C=O) groups is 1. The monoisotopic (exact) mass is 370 g/mol. The Bertz CT molecular complexity index is 1060. The van der Waals surface area contributed by atoms with Crippen molar-refractivity contribution in [2.75, 3.05) is 7.11 Å². The number of hydrogen-bond acceptors (Lipinski definition) is 8. The normalized spacial score (nSPS) is 11.0. The molecule has 0 aliphatic rings. The van der Waals surface area contributed by atoms with E-state index < -0.39 is 5.97 Å². The van der Waals surface area contributed by atoms with Crippen LogP contribution in [0, 0.1) is 6.92 Å². The molecule has 8 heteroatoms. The Hall–Kier alpha value is -3.13. The van der Waals surface area contributed by atoms with Gasteiger partial charge in [0, 0.05) is 10.9 Å². The molecule has 0 amide bonds. The summed E-state index contributed by atoms with van der Waals surface area (Å²) < 4.78 is 21.6. The highest BCUT2D eigenvalue weighted by Gasteiger charge is 2.20. The Morgan fingerprint density at radius 1 is 1.23 bits per heavy atom. The van der Waals surface area contributed by atoms with Crippen molar-refractivity contribution in [1.82, 2.24) is 10.2 Å². The van der Waals surface area contributed by atoms with Gasteiger partial charge in [-0.2, -0.15) is 0 Å². The van der Waals surface area contributed by atoms with Gasteiger partial charge in [0.1, 0.15) is 11.3 Å². The third-order valence-corrected chi connectivity index (χ3v) is 4.71. The molecule has 0 aliphatic heterocycles. The first kappa shape index (κ1) is 16.3. The average molecular weight is 370 g/mol. The number of nitrogens with zero attached hydrogens (tertiary/aromatic N) is 2. The van der Waals surface area contributed by atoms with Crippen LogP contribution in [0.4, 0.5) is 0 Å². The summed E-state index contributed by atoms with van der Waals surface area (Å²) in [4.78, 5) is 13.2. The number of benzene rings is 1. The zero-order valence-corrected chi connectivity index (χ0v) is 14.8. The number of ether oxygens (including phenoxy) is 2. The van der Waals surface area contributed by atoms with E-state index in [1.165, 1.54) is 11.3 Å². The largest absolute Gasteiger partial charge is 0.497 e. The van der Waals surface area contributed by atoms with E-state index >= 15 is 0 Å². The molecule has 0 saturated carbocycles. The van der Waals surface area contributed by atoms with Crippen LogP contribution in [-0.4, -0.2) is 23.3 Å². The molecule has 0 spiro atoms. The molecule has 0 aliphatic carbocycles. The third-order valence-electron chi connectivity index (χ3n) is 3.85. The van der Waals surface area contributed by atoms with E-state index in [0.717, 1.165) is 10.3 Å². The lowest BCUT2D eigenvalue weighted by molar-refractivity contribution is 0.0404. The van der Waals surface area contributed by atoms with Crippen LogP contribution in [0.2, 0.25) is 0 Å². The minimum absolute atomic E-state index is 0.128. The molecule has 4 rings (SSSR count). The summed E-state index contributed by atoms with van der Waals surface area (Å²) >= 11 is 1.49. The highest BCUT2D eigenvalue weighted by Crippen LogP contribution is 2.29. The minimum atomic E-state index is -0.589. The molecule has 0 atom stereocenters. The standard InChI is InChI=1S/C18H14N2O5S/c1-10-12-8-11(22-2)5-6-13(12)24-16(10)18(21)23-9-15-19-20-17(25-15)14-4-3-7-26-14/h3-8H,9H2,1-2H3. The number of rotatable bonds is 5. The predicted octanol–water partition coefficient (Wildman–Crippen LogP) is 4.22. The quantitative estimate of drug-likeness (QED) is 0.486. The Balaban J connectivity index is 1.50. The van der Waals surface area contributed by atoms with E-state index in [4.69, 9.17) is 18.3 Å². The predicted molar refractivity (Wildman–Crippen MR) is 94.2 cm³/mol. The van der Waals surface area contributed by atoms with Crippen LogP contribution in [0.3, 0.4) is 0 Å². The van der Waals surface area contributed by atoms with Gasteiger partial charge >= 0.3 is 5.97 Å². The average Bonchev–Trinajstić information content (AvgIpc) is 3.39. The van der Waals surface area contributed by atoms with Crippen molar-refractivity contribution in [2.24, 2.45) is 0 Å². The first-order valence-corrected chi connectivity index (χ1v) is 8.64. The number of aryl methyl sites for hydroxylation is 1. The van der Waals surface area contributed by atoms with Gasteiger partial charge in [-0.05, 0) is 36.6 Å². The van der Waals surface area contributed by atoms with E-state index in [0.29, 0.717) is 22.8 Å². The summed E-state index contributed by atoms with van der Waals surface area (Å²) in [6.45, 7) is 1.67. The fourth-order valence-electron chi connectivity index (χ4n) is 2.53. The molecule has 0 fully saturated rings. The van der Waals surface area contributed by atoms with E-state index in [-0.39, 0.29) is 18.3 Å². The fraction of sp³-hybridized carbons (Fsp3) is 0.167. The molecule has 7 nitrogen and oxygen atoms in total. The van der Waals surface area contributed by atoms with Crippen molar-refractivity contribution >= 4 is 28.3 Å². The highest BCUT2D eigenvalue weighted by atomic mass is 32.1. The maximum atomic E-state index is 12.4. The molecule has 0 radical (unpaired) electrons. The summed E-state index contributed by atoms with van der Waals surface area (Å²) in [6, 6.07) is 9.10. The van der Waals surface area contributed by atoms with Gasteiger partial charge in [0.2, 0.25) is 5.76 Å². The number of hydrogen-bond donors (Lipinski definition) is 0. The Kier molecular flexibility index (Phi) is 4.18. The Morgan fingerprint density at radius 2 is 2.12 bits per heavy atom. The second kappa shape index (κ2) is 6.64. The molecule has 0 saturated heterocycles. The summed E-state index contributed by atoms with van der Waals surface area (Å²) in [6.07, 6.45) is 0. The maximum absolute atomic E-state index is 12.4. The van der Waals surface area contributed by atoms with Gasteiger partial charge < -0.3 is 18.3 Å². The first-order chi connectivity index (χ1) is 12.7. The second-order valence-electron chi connectivity index (χ2n) is 5.47. The van der Waals surface area contributed by atoms with E-state index in [1.54, 1.807) is 26.2 Å². The van der Waals surface area contributed by atoms with E-state index in [9.17, 15) is 4.79 Å². The number of carbonyl (C=O) groups excluding carboxylic acids is 1. The Labute approximate surface area is 152 Å². The van der Waals surface area contributed by atoms with Crippen LogP contribution in [0.1, 0.15) is 22.0 Å².